The molecular weight excluding hydrogens is 444 g/mol. The Bertz CT molecular complexity index is 1270. The van der Waals surface area contributed by atoms with E-state index in [-0.39, 0.29) is 16.1 Å². The van der Waals surface area contributed by atoms with Gasteiger partial charge < -0.3 is 0 Å². The molecule has 0 saturated carbocycles. The van der Waals surface area contributed by atoms with Crippen molar-refractivity contribution in [1.82, 2.24) is 0 Å². The molecular formula is C21H13ClN2O4S2. The third-order valence-corrected chi connectivity index (χ3v) is 7.02. The van der Waals surface area contributed by atoms with Gasteiger partial charge in [-0.15, -0.1) is 0 Å². The van der Waals surface area contributed by atoms with E-state index in [2.05, 4.69) is 0 Å². The minimum atomic E-state index is -4.07. The number of nitriles is 1. The zero-order valence-corrected chi connectivity index (χ0v) is 17.6. The van der Waals surface area contributed by atoms with Gasteiger partial charge in [0, 0.05) is 26.9 Å². The van der Waals surface area contributed by atoms with Crippen molar-refractivity contribution in [2.75, 3.05) is 0 Å². The van der Waals surface area contributed by atoms with Crippen molar-refractivity contribution in [2.24, 2.45) is 0 Å². The number of hydrogen-bond acceptors (Lipinski definition) is 6. The van der Waals surface area contributed by atoms with Gasteiger partial charge in [0.15, 0.2) is 0 Å². The second kappa shape index (κ2) is 9.13. The molecule has 0 amide bonds. The van der Waals surface area contributed by atoms with Gasteiger partial charge in [-0.3, -0.25) is 10.1 Å². The smallest absolute Gasteiger partial charge is 0.258 e. The predicted molar refractivity (Wildman–Crippen MR) is 116 cm³/mol. The lowest BCUT2D eigenvalue weighted by Crippen LogP contribution is -2.03. The maximum atomic E-state index is 12.8. The van der Waals surface area contributed by atoms with Crippen LogP contribution in [0.25, 0.3) is 6.08 Å². The molecule has 3 aromatic rings. The molecule has 0 saturated heterocycles. The standard InChI is InChI=1S/C21H13ClN2O4S2/c22-16-6-9-18(10-7-16)29-21-11-8-17(24(25)26)12-15(21)13-20(14-23)30(27,28)19-4-2-1-3-5-19/h1-13H. The fourth-order valence-electron chi connectivity index (χ4n) is 2.52. The molecule has 0 aliphatic rings. The first-order chi connectivity index (χ1) is 14.3. The highest BCUT2D eigenvalue weighted by Gasteiger charge is 2.22. The van der Waals surface area contributed by atoms with Gasteiger partial charge in [0.25, 0.3) is 5.69 Å². The van der Waals surface area contributed by atoms with Crippen LogP contribution in [0.5, 0.6) is 0 Å². The molecule has 0 atom stereocenters. The summed E-state index contributed by atoms with van der Waals surface area (Å²) in [6.45, 7) is 0. The first-order valence-electron chi connectivity index (χ1n) is 8.45. The number of hydrogen-bond donors (Lipinski definition) is 0. The van der Waals surface area contributed by atoms with E-state index in [4.69, 9.17) is 11.6 Å². The zero-order chi connectivity index (χ0) is 21.7. The number of nitro benzene ring substituents is 1. The maximum Gasteiger partial charge on any atom is 0.270 e. The molecule has 9 heteroatoms. The Morgan fingerprint density at radius 1 is 1.07 bits per heavy atom. The van der Waals surface area contributed by atoms with Crippen LogP contribution >= 0.6 is 23.4 Å². The Labute approximate surface area is 182 Å². The van der Waals surface area contributed by atoms with Crippen molar-refractivity contribution >= 4 is 45.0 Å². The van der Waals surface area contributed by atoms with Crippen LogP contribution in [-0.2, 0) is 9.84 Å². The Kier molecular flexibility index (Phi) is 6.57. The molecule has 0 unspecified atom stereocenters. The van der Waals surface area contributed by atoms with Gasteiger partial charge in [-0.25, -0.2) is 8.42 Å². The lowest BCUT2D eigenvalue weighted by molar-refractivity contribution is -0.384. The van der Waals surface area contributed by atoms with E-state index < -0.39 is 19.7 Å². The van der Waals surface area contributed by atoms with Crippen LogP contribution in [0.3, 0.4) is 0 Å². The molecule has 6 nitrogen and oxygen atoms in total. The molecule has 0 radical (unpaired) electrons. The van der Waals surface area contributed by atoms with Crippen molar-refractivity contribution in [3.05, 3.63) is 98.4 Å². The molecule has 30 heavy (non-hydrogen) atoms. The fraction of sp³-hybridized carbons (Fsp3) is 0. The topological polar surface area (TPSA) is 101 Å². The van der Waals surface area contributed by atoms with E-state index in [1.54, 1.807) is 48.5 Å². The van der Waals surface area contributed by atoms with E-state index in [1.165, 1.54) is 42.1 Å². The average Bonchev–Trinajstić information content (AvgIpc) is 2.74. The highest BCUT2D eigenvalue weighted by Crippen LogP contribution is 2.35. The number of nitro groups is 1. The summed E-state index contributed by atoms with van der Waals surface area (Å²) in [5.74, 6) is 0. The summed E-state index contributed by atoms with van der Waals surface area (Å²) in [5, 5.41) is 21.3. The lowest BCUT2D eigenvalue weighted by Gasteiger charge is -2.08. The second-order valence-electron chi connectivity index (χ2n) is 5.97. The summed E-state index contributed by atoms with van der Waals surface area (Å²) in [5.41, 5.74) is 0.0383. The summed E-state index contributed by atoms with van der Waals surface area (Å²) in [4.78, 5) is 11.5. The third-order valence-electron chi connectivity index (χ3n) is 3.99. The van der Waals surface area contributed by atoms with E-state index in [0.29, 0.717) is 9.92 Å². The third kappa shape index (κ3) is 4.89. The van der Waals surface area contributed by atoms with Crippen LogP contribution in [0.4, 0.5) is 5.69 Å². The fourth-order valence-corrected chi connectivity index (χ4v) is 4.72. The van der Waals surface area contributed by atoms with Crippen molar-refractivity contribution in [2.45, 2.75) is 14.7 Å². The summed E-state index contributed by atoms with van der Waals surface area (Å²) in [7, 11) is -4.07. The quantitative estimate of drug-likeness (QED) is 0.266. The van der Waals surface area contributed by atoms with Crippen LogP contribution in [-0.4, -0.2) is 13.3 Å². The number of allylic oxidation sites excluding steroid dienone is 1. The van der Waals surface area contributed by atoms with Crippen molar-refractivity contribution in [3.63, 3.8) is 0 Å². The van der Waals surface area contributed by atoms with Crippen molar-refractivity contribution in [3.8, 4) is 6.07 Å². The number of benzene rings is 3. The molecule has 0 bridgehead atoms. The Hall–Kier alpha value is -3.12. The predicted octanol–water partition coefficient (Wildman–Crippen LogP) is 5.74. The molecule has 0 aliphatic carbocycles. The van der Waals surface area contributed by atoms with Gasteiger partial charge in [0.05, 0.1) is 9.82 Å². The Balaban J connectivity index is 2.11. The Morgan fingerprint density at radius 3 is 2.33 bits per heavy atom. The highest BCUT2D eigenvalue weighted by atomic mass is 35.5. The Morgan fingerprint density at radius 2 is 1.73 bits per heavy atom. The van der Waals surface area contributed by atoms with E-state index >= 15 is 0 Å². The molecule has 0 fully saturated rings. The number of nitrogens with zero attached hydrogens (tertiary/aromatic N) is 2. The molecule has 0 aliphatic heterocycles. The molecule has 0 spiro atoms. The van der Waals surface area contributed by atoms with Crippen LogP contribution < -0.4 is 0 Å². The molecule has 0 aromatic heterocycles. The molecule has 0 heterocycles. The molecule has 0 N–H and O–H groups in total. The van der Waals surface area contributed by atoms with Gasteiger partial charge in [-0.1, -0.05) is 41.6 Å². The van der Waals surface area contributed by atoms with Gasteiger partial charge >= 0.3 is 0 Å². The minimum absolute atomic E-state index is 0.0323. The second-order valence-corrected chi connectivity index (χ2v) is 9.44. The normalized spacial score (nSPS) is 11.7. The summed E-state index contributed by atoms with van der Waals surface area (Å²) in [6, 6.07) is 20.3. The van der Waals surface area contributed by atoms with Gasteiger partial charge in [0.2, 0.25) is 9.84 Å². The van der Waals surface area contributed by atoms with E-state index in [1.807, 2.05) is 0 Å². The van der Waals surface area contributed by atoms with Gasteiger partial charge in [-0.05, 0) is 54.1 Å². The number of rotatable bonds is 6. The van der Waals surface area contributed by atoms with Crippen LogP contribution in [0, 0.1) is 21.4 Å². The van der Waals surface area contributed by atoms with Crippen molar-refractivity contribution in [1.29, 1.82) is 5.26 Å². The largest absolute Gasteiger partial charge is 0.270 e. The first-order valence-corrected chi connectivity index (χ1v) is 11.1. The maximum absolute atomic E-state index is 12.8. The van der Waals surface area contributed by atoms with Crippen LogP contribution in [0.1, 0.15) is 5.56 Å². The number of sulfone groups is 1. The monoisotopic (exact) mass is 456 g/mol. The summed E-state index contributed by atoms with van der Waals surface area (Å²) < 4.78 is 25.7. The van der Waals surface area contributed by atoms with Crippen LogP contribution in [0.2, 0.25) is 5.02 Å². The van der Waals surface area contributed by atoms with Gasteiger partial charge in [0.1, 0.15) is 11.0 Å². The number of halogens is 1. The van der Waals surface area contributed by atoms with Crippen LogP contribution in [0.15, 0.2) is 92.4 Å². The summed E-state index contributed by atoms with van der Waals surface area (Å²) >= 11 is 7.17. The first kappa shape index (κ1) is 21.6. The summed E-state index contributed by atoms with van der Waals surface area (Å²) in [6.07, 6.45) is 1.16. The average molecular weight is 457 g/mol. The van der Waals surface area contributed by atoms with Crippen molar-refractivity contribution < 1.29 is 13.3 Å². The van der Waals surface area contributed by atoms with E-state index in [9.17, 15) is 23.8 Å². The SMILES string of the molecule is N#CC(=Cc1cc([N+](=O)[O-])ccc1Sc1ccc(Cl)cc1)S(=O)(=O)c1ccccc1. The number of non-ortho nitro benzene ring substituents is 1. The molecule has 3 rings (SSSR count). The molecule has 150 valence electrons. The van der Waals surface area contributed by atoms with Gasteiger partial charge in [-0.2, -0.15) is 5.26 Å². The lowest BCUT2D eigenvalue weighted by atomic mass is 10.2. The zero-order valence-electron chi connectivity index (χ0n) is 15.2. The molecule has 3 aromatic carbocycles. The highest BCUT2D eigenvalue weighted by molar-refractivity contribution is 7.99. The minimum Gasteiger partial charge on any atom is -0.258 e. The van der Waals surface area contributed by atoms with E-state index in [0.717, 1.165) is 11.0 Å².